The second kappa shape index (κ2) is 6.33. The smallest absolute Gasteiger partial charge is 0.182 e. The fourth-order valence-corrected chi connectivity index (χ4v) is 1.56. The third-order valence-electron chi connectivity index (χ3n) is 2.44. The van der Waals surface area contributed by atoms with Crippen LogP contribution in [0.2, 0.25) is 0 Å². The molecule has 0 heterocycles. The lowest BCUT2D eigenvalue weighted by Gasteiger charge is -1.97. The number of benzene rings is 2. The SMILES string of the molecule is C=CC[N+](=C=Nc1ccccc1)c1ccccc1. The zero-order valence-electron chi connectivity index (χ0n) is 10.2. The Labute approximate surface area is 107 Å². The molecule has 2 aromatic rings. The molecule has 0 spiro atoms. The highest BCUT2D eigenvalue weighted by atomic mass is 15.0. The third-order valence-corrected chi connectivity index (χ3v) is 2.44. The van der Waals surface area contributed by atoms with Crippen LogP contribution >= 0.6 is 0 Å². The van der Waals surface area contributed by atoms with Crippen molar-refractivity contribution in [3.05, 3.63) is 73.3 Å². The average molecular weight is 235 g/mol. The maximum Gasteiger partial charge on any atom is 0.318 e. The predicted molar refractivity (Wildman–Crippen MR) is 75.0 cm³/mol. The summed E-state index contributed by atoms with van der Waals surface area (Å²) in [6, 6.07) is 22.9. The molecule has 2 heteroatoms. The van der Waals surface area contributed by atoms with Gasteiger partial charge in [-0.1, -0.05) is 43.0 Å². The van der Waals surface area contributed by atoms with E-state index in [-0.39, 0.29) is 0 Å². The van der Waals surface area contributed by atoms with Gasteiger partial charge in [-0.3, -0.25) is 0 Å². The highest BCUT2D eigenvalue weighted by Crippen LogP contribution is 2.11. The van der Waals surface area contributed by atoms with Crippen LogP contribution < -0.4 is 0 Å². The van der Waals surface area contributed by atoms with Crippen molar-refractivity contribution in [2.75, 3.05) is 6.54 Å². The first kappa shape index (κ1) is 12.0. The molecule has 0 amide bonds. The zero-order valence-corrected chi connectivity index (χ0v) is 10.2. The van der Waals surface area contributed by atoms with Crippen molar-refractivity contribution < 1.29 is 4.58 Å². The monoisotopic (exact) mass is 235 g/mol. The minimum absolute atomic E-state index is 0.681. The summed E-state index contributed by atoms with van der Waals surface area (Å²) in [7, 11) is 0. The van der Waals surface area contributed by atoms with Crippen molar-refractivity contribution in [1.29, 1.82) is 0 Å². The van der Waals surface area contributed by atoms with Crippen LogP contribution in [0.4, 0.5) is 11.4 Å². The van der Waals surface area contributed by atoms with Gasteiger partial charge in [-0.25, -0.2) is 0 Å². The lowest BCUT2D eigenvalue weighted by Crippen LogP contribution is -2.03. The van der Waals surface area contributed by atoms with Crippen LogP contribution in [0.1, 0.15) is 0 Å². The molecular formula is C16H15N2+. The van der Waals surface area contributed by atoms with Gasteiger partial charge < -0.3 is 0 Å². The minimum atomic E-state index is 0.681. The first-order valence-corrected chi connectivity index (χ1v) is 5.85. The van der Waals surface area contributed by atoms with Gasteiger partial charge in [0.15, 0.2) is 5.69 Å². The van der Waals surface area contributed by atoms with E-state index in [1.807, 2.05) is 71.3 Å². The standard InChI is InChI=1S/C16H15N2/c1-2-13-18(16-11-7-4-8-12-16)14-17-15-9-5-3-6-10-15/h2-12H,1,13H2/q+1. The van der Waals surface area contributed by atoms with Crippen LogP contribution in [-0.4, -0.2) is 17.1 Å². The summed E-state index contributed by atoms with van der Waals surface area (Å²) in [5.41, 5.74) is 1.94. The summed E-state index contributed by atoms with van der Waals surface area (Å²) >= 11 is 0. The first-order valence-electron chi connectivity index (χ1n) is 5.85. The molecule has 2 rings (SSSR count). The van der Waals surface area contributed by atoms with Crippen LogP contribution in [0.5, 0.6) is 0 Å². The van der Waals surface area contributed by atoms with E-state index in [2.05, 4.69) is 17.6 Å². The van der Waals surface area contributed by atoms with Crippen LogP contribution in [0.3, 0.4) is 0 Å². The second-order valence-electron chi connectivity index (χ2n) is 3.78. The van der Waals surface area contributed by atoms with E-state index < -0.39 is 0 Å². The highest BCUT2D eigenvalue weighted by molar-refractivity contribution is 5.50. The Bertz CT molecular complexity index is 565. The van der Waals surface area contributed by atoms with Gasteiger partial charge in [-0.15, -0.1) is 0 Å². The molecular weight excluding hydrogens is 220 g/mol. The normalized spacial score (nSPS) is 9.33. The van der Waals surface area contributed by atoms with E-state index in [0.717, 1.165) is 11.4 Å². The van der Waals surface area contributed by atoms with Crippen molar-refractivity contribution in [3.63, 3.8) is 0 Å². The molecule has 0 aliphatic rings. The van der Waals surface area contributed by atoms with Crippen molar-refractivity contribution in [1.82, 2.24) is 0 Å². The molecule has 0 aromatic heterocycles. The molecule has 0 bridgehead atoms. The van der Waals surface area contributed by atoms with Gasteiger partial charge in [0.1, 0.15) is 12.2 Å². The lowest BCUT2D eigenvalue weighted by molar-refractivity contribution is -0.421. The maximum absolute atomic E-state index is 4.33. The number of aliphatic imine (C=N–C) groups is 1. The Morgan fingerprint density at radius 1 is 1.00 bits per heavy atom. The van der Waals surface area contributed by atoms with Crippen LogP contribution in [0.25, 0.3) is 0 Å². The van der Waals surface area contributed by atoms with E-state index in [4.69, 9.17) is 0 Å². The van der Waals surface area contributed by atoms with E-state index in [1.54, 1.807) is 0 Å². The van der Waals surface area contributed by atoms with Crippen molar-refractivity contribution >= 4 is 17.4 Å². The van der Waals surface area contributed by atoms with Crippen LogP contribution in [0, 0.1) is 0 Å². The molecule has 2 nitrogen and oxygen atoms in total. The zero-order chi connectivity index (χ0) is 12.6. The summed E-state index contributed by atoms with van der Waals surface area (Å²) in [4.78, 5) is 4.33. The van der Waals surface area contributed by atoms with E-state index >= 15 is 0 Å². The quantitative estimate of drug-likeness (QED) is 0.432. The van der Waals surface area contributed by atoms with Gasteiger partial charge in [0.2, 0.25) is 0 Å². The first-order chi connectivity index (χ1) is 8.90. The van der Waals surface area contributed by atoms with Crippen LogP contribution in [0.15, 0.2) is 78.3 Å². The summed E-state index contributed by atoms with van der Waals surface area (Å²) < 4.78 is 1.93. The summed E-state index contributed by atoms with van der Waals surface area (Å²) in [5.74, 6) is 0. The predicted octanol–water partition coefficient (Wildman–Crippen LogP) is 4.02. The fourth-order valence-electron chi connectivity index (χ4n) is 1.56. The summed E-state index contributed by atoms with van der Waals surface area (Å²) in [6.07, 6.45) is 1.83. The Kier molecular flexibility index (Phi) is 4.23. The van der Waals surface area contributed by atoms with Gasteiger partial charge in [-0.2, -0.15) is 4.58 Å². The van der Waals surface area contributed by atoms with Gasteiger partial charge in [0.05, 0.1) is 0 Å². The van der Waals surface area contributed by atoms with Gasteiger partial charge >= 0.3 is 6.01 Å². The third kappa shape index (κ3) is 3.27. The Morgan fingerprint density at radius 2 is 1.61 bits per heavy atom. The molecule has 0 N–H and O–H groups in total. The topological polar surface area (TPSA) is 15.4 Å². The lowest BCUT2D eigenvalue weighted by atomic mass is 10.3. The Morgan fingerprint density at radius 3 is 2.22 bits per heavy atom. The number of para-hydroxylation sites is 2. The largest absolute Gasteiger partial charge is 0.318 e. The second-order valence-corrected chi connectivity index (χ2v) is 3.78. The van der Waals surface area contributed by atoms with Gasteiger partial charge in [-0.05, 0) is 30.3 Å². The molecule has 0 aliphatic carbocycles. The minimum Gasteiger partial charge on any atom is -0.182 e. The van der Waals surface area contributed by atoms with Crippen molar-refractivity contribution in [2.45, 2.75) is 0 Å². The van der Waals surface area contributed by atoms with Gasteiger partial charge in [0, 0.05) is 4.99 Å². The number of nitrogens with zero attached hydrogens (tertiary/aromatic N) is 2. The Balaban J connectivity index is 2.36. The van der Waals surface area contributed by atoms with Crippen LogP contribution in [-0.2, 0) is 0 Å². The molecule has 0 unspecified atom stereocenters. The molecule has 88 valence electrons. The molecule has 18 heavy (non-hydrogen) atoms. The van der Waals surface area contributed by atoms with Crippen molar-refractivity contribution in [3.8, 4) is 0 Å². The number of hydrogen-bond donors (Lipinski definition) is 0. The van der Waals surface area contributed by atoms with E-state index in [0.29, 0.717) is 6.54 Å². The molecule has 0 saturated carbocycles. The maximum atomic E-state index is 4.33. The molecule has 0 aliphatic heterocycles. The summed E-state index contributed by atoms with van der Waals surface area (Å²) in [5, 5.41) is 0. The molecule has 2 aromatic carbocycles. The number of rotatable bonds is 4. The summed E-state index contributed by atoms with van der Waals surface area (Å²) in [6.45, 7) is 4.44. The molecule has 0 radical (unpaired) electrons. The molecule has 0 saturated heterocycles. The van der Waals surface area contributed by atoms with Crippen molar-refractivity contribution in [2.24, 2.45) is 4.99 Å². The molecule has 0 atom stereocenters. The fraction of sp³-hybridized carbons (Fsp3) is 0.0625. The molecule has 0 fully saturated rings. The number of hydrogen-bond acceptors (Lipinski definition) is 1. The van der Waals surface area contributed by atoms with E-state index in [1.165, 1.54) is 0 Å². The average Bonchev–Trinajstić information content (AvgIpc) is 2.45. The van der Waals surface area contributed by atoms with E-state index in [9.17, 15) is 0 Å². The highest BCUT2D eigenvalue weighted by Gasteiger charge is 2.01. The Hall–Kier alpha value is -2.44. The van der Waals surface area contributed by atoms with Gasteiger partial charge in [0.25, 0.3) is 0 Å².